The molecular weight excluding hydrogens is 593 g/mol. The predicted molar refractivity (Wildman–Crippen MR) is 119 cm³/mol. The summed E-state index contributed by atoms with van der Waals surface area (Å²) >= 11 is 5.44. The first-order valence-corrected chi connectivity index (χ1v) is 11.4. The Balaban J connectivity index is 1.94. The van der Waals surface area contributed by atoms with Crippen molar-refractivity contribution < 1.29 is 57.9 Å². The lowest BCUT2D eigenvalue weighted by Gasteiger charge is -2.20. The highest BCUT2D eigenvalue weighted by Crippen LogP contribution is 2.41. The fourth-order valence-electron chi connectivity index (χ4n) is 3.62. The van der Waals surface area contributed by atoms with Crippen LogP contribution in [0.4, 0.5) is 48.3 Å². The van der Waals surface area contributed by atoms with E-state index in [9.17, 15) is 57.9 Å². The molecule has 2 amide bonds. The number of rotatable bonds is 7. The summed E-state index contributed by atoms with van der Waals surface area (Å²) in [7, 11) is 0. The number of halogens is 12. The van der Waals surface area contributed by atoms with Crippen LogP contribution in [0, 0.1) is 5.82 Å². The van der Waals surface area contributed by atoms with Crippen LogP contribution in [0.1, 0.15) is 45.8 Å². The maximum Gasteiger partial charge on any atom is 0.417 e. The molecule has 1 atom stereocenters. The van der Waals surface area contributed by atoms with E-state index in [1.165, 1.54) is 5.32 Å². The minimum Gasteiger partial charge on any atom is -0.345 e. The van der Waals surface area contributed by atoms with Crippen molar-refractivity contribution in [1.82, 2.24) is 10.6 Å². The van der Waals surface area contributed by atoms with Crippen LogP contribution in [0.25, 0.3) is 5.83 Å². The van der Waals surface area contributed by atoms with Gasteiger partial charge in [0.05, 0.1) is 16.1 Å². The number of alkyl halides is 9. The molecule has 1 fully saturated rings. The fourth-order valence-corrected chi connectivity index (χ4v) is 3.74. The van der Waals surface area contributed by atoms with Crippen molar-refractivity contribution in [3.8, 4) is 0 Å². The van der Waals surface area contributed by atoms with E-state index < -0.39 is 87.3 Å². The lowest BCUT2D eigenvalue weighted by molar-refractivity contribution is -0.140. The molecule has 0 aromatic heterocycles. The number of carbonyl (C=O) groups excluding carboxylic acids is 2. The van der Waals surface area contributed by atoms with Crippen molar-refractivity contribution in [2.75, 3.05) is 6.54 Å². The third kappa shape index (κ3) is 7.43. The third-order valence-corrected chi connectivity index (χ3v) is 6.11. The molecule has 0 spiro atoms. The number of amides is 2. The lowest BCUT2D eigenvalue weighted by Crippen LogP contribution is -2.51. The molecule has 1 aliphatic rings. The molecular formula is C24H16ClF11N2O2. The number of allylic oxidation sites excluding steroid dienone is 1. The summed E-state index contributed by atoms with van der Waals surface area (Å²) in [5, 5.41) is 2.94. The first-order chi connectivity index (χ1) is 18.2. The molecule has 1 saturated carbocycles. The van der Waals surface area contributed by atoms with Gasteiger partial charge in [0.15, 0.2) is 0 Å². The Kier molecular flexibility index (Phi) is 8.49. The molecule has 4 nitrogen and oxygen atoms in total. The van der Waals surface area contributed by atoms with E-state index in [1.807, 2.05) is 5.32 Å². The van der Waals surface area contributed by atoms with Crippen molar-refractivity contribution in [2.45, 2.75) is 42.8 Å². The zero-order valence-electron chi connectivity index (χ0n) is 19.6. The van der Waals surface area contributed by atoms with Crippen molar-refractivity contribution >= 4 is 29.2 Å². The van der Waals surface area contributed by atoms with E-state index in [4.69, 9.17) is 11.6 Å². The minimum atomic E-state index is -5.35. The molecule has 3 rings (SSSR count). The number of carbonyl (C=O) groups is 2. The Hall–Kier alpha value is -3.36. The highest BCUT2D eigenvalue weighted by atomic mass is 35.5. The Bertz CT molecular complexity index is 1330. The molecule has 16 heteroatoms. The Morgan fingerprint density at radius 2 is 1.60 bits per heavy atom. The maximum atomic E-state index is 14.9. The quantitative estimate of drug-likeness (QED) is 0.330. The van der Waals surface area contributed by atoms with E-state index in [-0.39, 0.29) is 25.0 Å². The van der Waals surface area contributed by atoms with Crippen LogP contribution < -0.4 is 10.6 Å². The molecule has 0 bridgehead atoms. The number of nitrogens with one attached hydrogen (secondary N) is 2. The standard InChI is InChI=1S/C24H16ClF11N2O2/c25-16-4-2-11(8-18(16)27)14(23(31,32)33)9-17(26)12-1-3-13(15(7-12)24(34,35)36)19(39)38-21(5-6-21)20(40)37-10-22(28,29)30/h1-4,7-9,14H,5-6,10H2,(H,37,40)(H,38,39). The van der Waals surface area contributed by atoms with Gasteiger partial charge in [-0.2, -0.15) is 39.5 Å². The second-order valence-corrected chi connectivity index (χ2v) is 9.21. The van der Waals surface area contributed by atoms with Crippen LogP contribution in [-0.2, 0) is 11.0 Å². The number of hydrogen-bond acceptors (Lipinski definition) is 2. The fraction of sp³-hybridized carbons (Fsp3) is 0.333. The van der Waals surface area contributed by atoms with Crippen LogP contribution in [-0.4, -0.2) is 36.3 Å². The number of hydrogen-bond donors (Lipinski definition) is 2. The summed E-state index contributed by atoms with van der Waals surface area (Å²) in [5.74, 6) is -8.65. The highest BCUT2D eigenvalue weighted by molar-refractivity contribution is 6.30. The summed E-state index contributed by atoms with van der Waals surface area (Å²) in [6.45, 7) is -1.75. The van der Waals surface area contributed by atoms with Gasteiger partial charge in [-0.05, 0) is 48.7 Å². The van der Waals surface area contributed by atoms with Gasteiger partial charge in [0.1, 0.15) is 29.6 Å². The molecule has 40 heavy (non-hydrogen) atoms. The molecule has 218 valence electrons. The van der Waals surface area contributed by atoms with Gasteiger partial charge < -0.3 is 10.6 Å². The van der Waals surface area contributed by atoms with Gasteiger partial charge in [-0.25, -0.2) is 8.78 Å². The van der Waals surface area contributed by atoms with E-state index in [0.717, 1.165) is 12.1 Å². The summed E-state index contributed by atoms with van der Waals surface area (Å²) in [4.78, 5) is 24.7. The molecule has 2 N–H and O–H groups in total. The molecule has 0 aliphatic heterocycles. The van der Waals surface area contributed by atoms with E-state index >= 15 is 0 Å². The van der Waals surface area contributed by atoms with Gasteiger partial charge in [0.2, 0.25) is 5.91 Å². The smallest absolute Gasteiger partial charge is 0.345 e. The van der Waals surface area contributed by atoms with Crippen LogP contribution in [0.15, 0.2) is 42.5 Å². The molecule has 0 saturated heterocycles. The predicted octanol–water partition coefficient (Wildman–Crippen LogP) is 7.10. The minimum absolute atomic E-state index is 0.0555. The van der Waals surface area contributed by atoms with Gasteiger partial charge in [-0.1, -0.05) is 23.7 Å². The SMILES string of the molecule is O=C(NC1(C(=O)NCC(F)(F)F)CC1)c1ccc(C(F)=CC(c2ccc(Cl)c(F)c2)C(F)(F)F)cc1C(F)(F)F. The van der Waals surface area contributed by atoms with Gasteiger partial charge in [0.25, 0.3) is 5.91 Å². The van der Waals surface area contributed by atoms with Crippen LogP contribution in [0.5, 0.6) is 0 Å². The summed E-state index contributed by atoms with van der Waals surface area (Å²) in [6.07, 6.45) is -15.8. The molecule has 1 aliphatic carbocycles. The lowest BCUT2D eigenvalue weighted by atomic mass is 9.95. The van der Waals surface area contributed by atoms with Gasteiger partial charge in [-0.3, -0.25) is 9.59 Å². The topological polar surface area (TPSA) is 58.2 Å². The number of benzene rings is 2. The molecule has 2 aromatic carbocycles. The Morgan fingerprint density at radius 3 is 2.10 bits per heavy atom. The van der Waals surface area contributed by atoms with E-state index in [1.54, 1.807) is 0 Å². The molecule has 1 unspecified atom stereocenters. The van der Waals surface area contributed by atoms with E-state index in [0.29, 0.717) is 18.2 Å². The third-order valence-electron chi connectivity index (χ3n) is 5.80. The Morgan fingerprint density at radius 1 is 0.975 bits per heavy atom. The summed E-state index contributed by atoms with van der Waals surface area (Å²) in [6, 6.07) is 2.98. The highest BCUT2D eigenvalue weighted by Gasteiger charge is 2.52. The normalized spacial score (nSPS) is 16.4. The van der Waals surface area contributed by atoms with E-state index in [2.05, 4.69) is 0 Å². The first kappa shape index (κ1) is 31.2. The largest absolute Gasteiger partial charge is 0.417 e. The second kappa shape index (κ2) is 10.9. The van der Waals surface area contributed by atoms with Gasteiger partial charge >= 0.3 is 18.5 Å². The first-order valence-electron chi connectivity index (χ1n) is 11.0. The van der Waals surface area contributed by atoms with Crippen molar-refractivity contribution in [3.63, 3.8) is 0 Å². The van der Waals surface area contributed by atoms with Crippen molar-refractivity contribution in [3.05, 3.63) is 75.6 Å². The molecule has 0 heterocycles. The second-order valence-electron chi connectivity index (χ2n) is 8.80. The van der Waals surface area contributed by atoms with Gasteiger partial charge in [-0.15, -0.1) is 0 Å². The van der Waals surface area contributed by atoms with Crippen molar-refractivity contribution in [1.29, 1.82) is 0 Å². The monoisotopic (exact) mass is 608 g/mol. The van der Waals surface area contributed by atoms with Crippen LogP contribution in [0.3, 0.4) is 0 Å². The average molecular weight is 609 g/mol. The summed E-state index contributed by atoms with van der Waals surface area (Å²) < 4.78 is 148. The maximum absolute atomic E-state index is 14.9. The average Bonchev–Trinajstić information content (AvgIpc) is 3.61. The zero-order valence-corrected chi connectivity index (χ0v) is 20.3. The molecule has 0 radical (unpaired) electrons. The molecule has 2 aromatic rings. The van der Waals surface area contributed by atoms with Crippen molar-refractivity contribution in [2.24, 2.45) is 0 Å². The zero-order chi connectivity index (χ0) is 30.3. The van der Waals surface area contributed by atoms with Crippen LogP contribution >= 0.6 is 11.6 Å². The van der Waals surface area contributed by atoms with Crippen LogP contribution in [0.2, 0.25) is 5.02 Å². The summed E-state index contributed by atoms with van der Waals surface area (Å²) in [5.41, 5.74) is -6.67. The Labute approximate surface area is 223 Å². The van der Waals surface area contributed by atoms with Gasteiger partial charge in [0, 0.05) is 5.56 Å².